The number of aryl methyl sites for hydroxylation is 1. The first-order valence-electron chi connectivity index (χ1n) is 9.84. The largest absolute Gasteiger partial charge is 0.487 e. The van der Waals surface area contributed by atoms with Crippen LogP contribution in [0.3, 0.4) is 0 Å². The van der Waals surface area contributed by atoms with Crippen LogP contribution in [0.1, 0.15) is 45.3 Å². The molecule has 1 heterocycles. The second-order valence-electron chi connectivity index (χ2n) is 6.68. The SMILES string of the molecule is CCN(CC)C(=O)c1ccc(NC(=O)c2cccc(OCc3csc(C)n3)c2)cc1. The molecule has 0 aliphatic carbocycles. The molecule has 7 heteroatoms. The summed E-state index contributed by atoms with van der Waals surface area (Å²) in [6.07, 6.45) is 0. The zero-order chi connectivity index (χ0) is 21.5. The molecule has 156 valence electrons. The van der Waals surface area contributed by atoms with Crippen molar-refractivity contribution in [3.63, 3.8) is 0 Å². The standard InChI is InChI=1S/C23H25N3O3S/c1-4-26(5-2)23(28)17-9-11-19(12-10-17)25-22(27)18-7-6-8-21(13-18)29-14-20-15-30-16(3)24-20/h6-13,15H,4-5,14H2,1-3H3,(H,25,27). The average molecular weight is 424 g/mol. The van der Waals surface area contributed by atoms with Crippen molar-refractivity contribution in [2.75, 3.05) is 18.4 Å². The maximum Gasteiger partial charge on any atom is 0.255 e. The van der Waals surface area contributed by atoms with Gasteiger partial charge in [-0.2, -0.15) is 0 Å². The number of nitrogens with zero attached hydrogens (tertiary/aromatic N) is 2. The van der Waals surface area contributed by atoms with Gasteiger partial charge >= 0.3 is 0 Å². The highest BCUT2D eigenvalue weighted by Gasteiger charge is 2.13. The van der Waals surface area contributed by atoms with Crippen molar-refractivity contribution in [3.8, 4) is 5.75 Å². The summed E-state index contributed by atoms with van der Waals surface area (Å²) in [4.78, 5) is 31.1. The molecule has 0 saturated carbocycles. The summed E-state index contributed by atoms with van der Waals surface area (Å²) < 4.78 is 5.75. The molecule has 1 aromatic heterocycles. The van der Waals surface area contributed by atoms with E-state index in [9.17, 15) is 9.59 Å². The van der Waals surface area contributed by atoms with Gasteiger partial charge in [-0.1, -0.05) is 6.07 Å². The van der Waals surface area contributed by atoms with Crippen LogP contribution in [0.4, 0.5) is 5.69 Å². The molecule has 0 saturated heterocycles. The highest BCUT2D eigenvalue weighted by atomic mass is 32.1. The normalized spacial score (nSPS) is 10.5. The molecule has 0 aliphatic rings. The zero-order valence-electron chi connectivity index (χ0n) is 17.3. The van der Waals surface area contributed by atoms with Crippen LogP contribution in [0.2, 0.25) is 0 Å². The fraction of sp³-hybridized carbons (Fsp3) is 0.261. The topological polar surface area (TPSA) is 71.5 Å². The lowest BCUT2D eigenvalue weighted by Gasteiger charge is -2.18. The van der Waals surface area contributed by atoms with Crippen LogP contribution < -0.4 is 10.1 Å². The van der Waals surface area contributed by atoms with Crippen LogP contribution in [0, 0.1) is 6.92 Å². The number of carbonyl (C=O) groups excluding carboxylic acids is 2. The van der Waals surface area contributed by atoms with Gasteiger partial charge in [-0.25, -0.2) is 4.98 Å². The fourth-order valence-electron chi connectivity index (χ4n) is 2.95. The predicted molar refractivity (Wildman–Crippen MR) is 119 cm³/mol. The van der Waals surface area contributed by atoms with E-state index in [4.69, 9.17) is 4.74 Å². The van der Waals surface area contributed by atoms with Crippen molar-refractivity contribution in [3.05, 3.63) is 75.7 Å². The maximum atomic E-state index is 12.6. The van der Waals surface area contributed by atoms with E-state index in [-0.39, 0.29) is 11.8 Å². The molecule has 0 atom stereocenters. The second kappa shape index (κ2) is 10.0. The molecule has 1 N–H and O–H groups in total. The van der Waals surface area contributed by atoms with E-state index in [2.05, 4.69) is 10.3 Å². The summed E-state index contributed by atoms with van der Waals surface area (Å²) >= 11 is 1.58. The van der Waals surface area contributed by atoms with Gasteiger partial charge in [-0.15, -0.1) is 11.3 Å². The number of thiazole rings is 1. The minimum Gasteiger partial charge on any atom is -0.487 e. The van der Waals surface area contributed by atoms with Gasteiger partial charge in [0, 0.05) is 35.3 Å². The lowest BCUT2D eigenvalue weighted by molar-refractivity contribution is 0.0773. The Bertz CT molecular complexity index is 1010. The second-order valence-corrected chi connectivity index (χ2v) is 7.75. The first-order chi connectivity index (χ1) is 14.5. The first-order valence-corrected chi connectivity index (χ1v) is 10.7. The minimum atomic E-state index is -0.243. The summed E-state index contributed by atoms with van der Waals surface area (Å²) in [5, 5.41) is 5.81. The molecule has 0 spiro atoms. The molecule has 3 aromatic rings. The average Bonchev–Trinajstić information content (AvgIpc) is 3.19. The highest BCUT2D eigenvalue weighted by molar-refractivity contribution is 7.09. The molecule has 0 fully saturated rings. The molecule has 3 rings (SSSR count). The Labute approximate surface area is 180 Å². The lowest BCUT2D eigenvalue weighted by atomic mass is 10.1. The Balaban J connectivity index is 1.62. The van der Waals surface area contributed by atoms with Gasteiger partial charge < -0.3 is 15.0 Å². The third kappa shape index (κ3) is 5.45. The number of rotatable bonds is 8. The predicted octanol–water partition coefficient (Wildman–Crippen LogP) is 4.76. The summed E-state index contributed by atoms with van der Waals surface area (Å²) in [5.74, 6) is 0.347. The first kappa shape index (κ1) is 21.5. The van der Waals surface area contributed by atoms with E-state index in [0.29, 0.717) is 42.3 Å². The number of carbonyl (C=O) groups is 2. The molecule has 0 aliphatic heterocycles. The van der Waals surface area contributed by atoms with E-state index < -0.39 is 0 Å². The molecule has 0 radical (unpaired) electrons. The molecule has 6 nitrogen and oxygen atoms in total. The fourth-order valence-corrected chi connectivity index (χ4v) is 3.55. The third-order valence-electron chi connectivity index (χ3n) is 4.59. The van der Waals surface area contributed by atoms with Crippen molar-refractivity contribution in [1.82, 2.24) is 9.88 Å². The number of hydrogen-bond donors (Lipinski definition) is 1. The highest BCUT2D eigenvalue weighted by Crippen LogP contribution is 2.18. The maximum absolute atomic E-state index is 12.6. The van der Waals surface area contributed by atoms with Crippen LogP contribution in [0.5, 0.6) is 5.75 Å². The Kier molecular flexibility index (Phi) is 7.19. The third-order valence-corrected chi connectivity index (χ3v) is 5.41. The van der Waals surface area contributed by atoms with Gasteiger partial charge in [0.1, 0.15) is 12.4 Å². The van der Waals surface area contributed by atoms with Crippen molar-refractivity contribution in [2.45, 2.75) is 27.4 Å². The Morgan fingerprint density at radius 2 is 1.80 bits per heavy atom. The summed E-state index contributed by atoms with van der Waals surface area (Å²) in [6.45, 7) is 7.53. The summed E-state index contributed by atoms with van der Waals surface area (Å²) in [5.41, 5.74) is 2.58. The van der Waals surface area contributed by atoms with Crippen molar-refractivity contribution >= 4 is 28.8 Å². The number of benzene rings is 2. The molecule has 0 unspecified atom stereocenters. The molecular weight excluding hydrogens is 398 g/mol. The van der Waals surface area contributed by atoms with E-state index in [0.717, 1.165) is 10.7 Å². The van der Waals surface area contributed by atoms with Gasteiger partial charge in [-0.3, -0.25) is 9.59 Å². The molecule has 2 aromatic carbocycles. The number of aromatic nitrogens is 1. The number of ether oxygens (including phenoxy) is 1. The van der Waals surface area contributed by atoms with E-state index >= 15 is 0 Å². The van der Waals surface area contributed by atoms with Crippen LogP contribution in [0.15, 0.2) is 53.9 Å². The number of amides is 2. The van der Waals surface area contributed by atoms with Crippen molar-refractivity contribution in [2.24, 2.45) is 0 Å². The number of hydrogen-bond acceptors (Lipinski definition) is 5. The smallest absolute Gasteiger partial charge is 0.255 e. The molecule has 2 amide bonds. The Morgan fingerprint density at radius 1 is 1.07 bits per heavy atom. The minimum absolute atomic E-state index is 0.0157. The van der Waals surface area contributed by atoms with Crippen molar-refractivity contribution in [1.29, 1.82) is 0 Å². The summed E-state index contributed by atoms with van der Waals surface area (Å²) in [6, 6.07) is 13.9. The lowest BCUT2D eigenvalue weighted by Crippen LogP contribution is -2.30. The number of nitrogens with one attached hydrogen (secondary N) is 1. The number of anilines is 1. The van der Waals surface area contributed by atoms with Gasteiger partial charge in [0.2, 0.25) is 0 Å². The zero-order valence-corrected chi connectivity index (χ0v) is 18.2. The van der Waals surface area contributed by atoms with Gasteiger partial charge in [-0.05, 0) is 63.2 Å². The summed E-state index contributed by atoms with van der Waals surface area (Å²) in [7, 11) is 0. The van der Waals surface area contributed by atoms with Gasteiger partial charge in [0.15, 0.2) is 0 Å². The molecular formula is C23H25N3O3S. The van der Waals surface area contributed by atoms with E-state index in [1.54, 1.807) is 58.7 Å². The van der Waals surface area contributed by atoms with Crippen LogP contribution in [0.25, 0.3) is 0 Å². The van der Waals surface area contributed by atoms with Gasteiger partial charge in [0.25, 0.3) is 11.8 Å². The van der Waals surface area contributed by atoms with Crippen LogP contribution >= 0.6 is 11.3 Å². The van der Waals surface area contributed by atoms with E-state index in [1.807, 2.05) is 32.2 Å². The van der Waals surface area contributed by atoms with E-state index in [1.165, 1.54) is 0 Å². The van der Waals surface area contributed by atoms with Crippen LogP contribution in [-0.4, -0.2) is 34.8 Å². The Morgan fingerprint density at radius 3 is 2.43 bits per heavy atom. The van der Waals surface area contributed by atoms with Gasteiger partial charge in [0.05, 0.1) is 10.7 Å². The van der Waals surface area contributed by atoms with Crippen LogP contribution in [-0.2, 0) is 6.61 Å². The Hall–Kier alpha value is -3.19. The molecule has 30 heavy (non-hydrogen) atoms. The monoisotopic (exact) mass is 423 g/mol. The molecule has 0 bridgehead atoms. The quantitative estimate of drug-likeness (QED) is 0.567. The van der Waals surface area contributed by atoms with Crippen molar-refractivity contribution < 1.29 is 14.3 Å².